The van der Waals surface area contributed by atoms with E-state index in [9.17, 15) is 13.2 Å². The zero-order chi connectivity index (χ0) is 14.9. The Balaban J connectivity index is 2.49. The van der Waals surface area contributed by atoms with Gasteiger partial charge in [0.05, 0.1) is 12.5 Å². The summed E-state index contributed by atoms with van der Waals surface area (Å²) in [5, 5.41) is -1.27. The SMILES string of the molecule is COc1ccc(C(Cl)c2c(F)cc(Br)cc2F)c(F)c1. The highest BCUT2D eigenvalue weighted by atomic mass is 79.9. The van der Waals surface area contributed by atoms with Crippen LogP contribution in [0.1, 0.15) is 16.5 Å². The van der Waals surface area contributed by atoms with Gasteiger partial charge in [0.2, 0.25) is 0 Å². The van der Waals surface area contributed by atoms with Gasteiger partial charge in [0, 0.05) is 21.7 Å². The van der Waals surface area contributed by atoms with E-state index in [1.807, 2.05) is 0 Å². The van der Waals surface area contributed by atoms with Crippen molar-refractivity contribution in [2.24, 2.45) is 0 Å². The van der Waals surface area contributed by atoms with Crippen LogP contribution in [-0.2, 0) is 0 Å². The van der Waals surface area contributed by atoms with Gasteiger partial charge in [0.15, 0.2) is 0 Å². The molecule has 0 aromatic heterocycles. The van der Waals surface area contributed by atoms with Gasteiger partial charge in [-0.15, -0.1) is 11.6 Å². The fourth-order valence-electron chi connectivity index (χ4n) is 1.79. The molecule has 0 fully saturated rings. The van der Waals surface area contributed by atoms with Gasteiger partial charge in [-0.2, -0.15) is 0 Å². The molecular weight excluding hydrogens is 357 g/mol. The topological polar surface area (TPSA) is 9.23 Å². The van der Waals surface area contributed by atoms with Crippen molar-refractivity contribution in [1.82, 2.24) is 0 Å². The van der Waals surface area contributed by atoms with Crippen LogP contribution in [0.2, 0.25) is 0 Å². The van der Waals surface area contributed by atoms with Crippen LogP contribution < -0.4 is 4.74 Å². The predicted molar refractivity (Wildman–Crippen MR) is 74.7 cm³/mol. The van der Waals surface area contributed by atoms with Crippen LogP contribution >= 0.6 is 27.5 Å². The largest absolute Gasteiger partial charge is 0.497 e. The van der Waals surface area contributed by atoms with Crippen molar-refractivity contribution in [3.8, 4) is 5.75 Å². The first-order valence-corrected chi connectivity index (χ1v) is 6.79. The quantitative estimate of drug-likeness (QED) is 0.679. The van der Waals surface area contributed by atoms with Crippen molar-refractivity contribution in [3.05, 3.63) is 63.4 Å². The molecule has 0 N–H and O–H groups in total. The minimum Gasteiger partial charge on any atom is -0.497 e. The lowest BCUT2D eigenvalue weighted by atomic mass is 10.0. The number of alkyl halides is 1. The average molecular weight is 366 g/mol. The van der Waals surface area contributed by atoms with Crippen LogP contribution in [0.15, 0.2) is 34.8 Å². The second-order valence-electron chi connectivity index (χ2n) is 4.03. The summed E-state index contributed by atoms with van der Waals surface area (Å²) in [6, 6.07) is 6.08. The van der Waals surface area contributed by atoms with Crippen LogP contribution in [0.5, 0.6) is 5.75 Å². The van der Waals surface area contributed by atoms with Gasteiger partial charge < -0.3 is 4.74 Å². The molecule has 0 saturated carbocycles. The summed E-state index contributed by atoms with van der Waals surface area (Å²) in [6.07, 6.45) is 0. The fraction of sp³-hybridized carbons (Fsp3) is 0.143. The fourth-order valence-corrected chi connectivity index (χ4v) is 2.58. The summed E-state index contributed by atoms with van der Waals surface area (Å²) in [5.74, 6) is -2.07. The van der Waals surface area contributed by atoms with Gasteiger partial charge in [-0.3, -0.25) is 0 Å². The highest BCUT2D eigenvalue weighted by molar-refractivity contribution is 9.10. The van der Waals surface area contributed by atoms with E-state index in [2.05, 4.69) is 15.9 Å². The number of benzene rings is 2. The molecule has 2 aromatic rings. The van der Waals surface area contributed by atoms with Crippen molar-refractivity contribution >= 4 is 27.5 Å². The summed E-state index contributed by atoms with van der Waals surface area (Å²) in [7, 11) is 1.39. The lowest BCUT2D eigenvalue weighted by molar-refractivity contribution is 0.410. The van der Waals surface area contributed by atoms with E-state index < -0.39 is 22.8 Å². The van der Waals surface area contributed by atoms with Crippen LogP contribution in [0, 0.1) is 17.5 Å². The molecule has 106 valence electrons. The first-order valence-electron chi connectivity index (χ1n) is 5.56. The molecule has 6 heteroatoms. The van der Waals surface area contributed by atoms with Crippen molar-refractivity contribution in [2.45, 2.75) is 5.38 Å². The summed E-state index contributed by atoms with van der Waals surface area (Å²) in [5.41, 5.74) is -0.411. The Bertz CT molecular complexity index is 625. The van der Waals surface area contributed by atoms with E-state index >= 15 is 0 Å². The third-order valence-electron chi connectivity index (χ3n) is 2.78. The summed E-state index contributed by atoms with van der Waals surface area (Å²) in [4.78, 5) is 0. The maximum absolute atomic E-state index is 13.9. The van der Waals surface area contributed by atoms with Crippen molar-refractivity contribution in [2.75, 3.05) is 7.11 Å². The second-order valence-corrected chi connectivity index (χ2v) is 5.39. The molecule has 1 atom stereocenters. The molecule has 2 aromatic carbocycles. The maximum atomic E-state index is 13.9. The first kappa shape index (κ1) is 15.2. The molecule has 2 rings (SSSR count). The molecule has 1 nitrogen and oxygen atoms in total. The minimum absolute atomic E-state index is 0.0208. The Hall–Kier alpha value is -1.20. The molecule has 0 aliphatic rings. The smallest absolute Gasteiger partial charge is 0.132 e. The van der Waals surface area contributed by atoms with Gasteiger partial charge in [-0.25, -0.2) is 13.2 Å². The molecular formula is C14H9BrClF3O. The van der Waals surface area contributed by atoms with Crippen molar-refractivity contribution < 1.29 is 17.9 Å². The van der Waals surface area contributed by atoms with Crippen LogP contribution in [-0.4, -0.2) is 7.11 Å². The van der Waals surface area contributed by atoms with Crippen LogP contribution in [0.25, 0.3) is 0 Å². The summed E-state index contributed by atoms with van der Waals surface area (Å²) >= 11 is 8.99. The molecule has 0 saturated heterocycles. The third kappa shape index (κ3) is 2.94. The van der Waals surface area contributed by atoms with Gasteiger partial charge in [-0.05, 0) is 18.2 Å². The van der Waals surface area contributed by atoms with Gasteiger partial charge >= 0.3 is 0 Å². The molecule has 1 unspecified atom stereocenters. The van der Waals surface area contributed by atoms with Gasteiger partial charge in [0.1, 0.15) is 23.2 Å². The highest BCUT2D eigenvalue weighted by Gasteiger charge is 2.23. The Labute approximate surface area is 127 Å². The second kappa shape index (κ2) is 6.06. The summed E-state index contributed by atoms with van der Waals surface area (Å²) in [6.45, 7) is 0. The lowest BCUT2D eigenvalue weighted by Gasteiger charge is -2.14. The molecule has 0 amide bonds. The van der Waals surface area contributed by atoms with Crippen LogP contribution in [0.4, 0.5) is 13.2 Å². The number of hydrogen-bond donors (Lipinski definition) is 0. The summed E-state index contributed by atoms with van der Waals surface area (Å²) < 4.78 is 46.7. The number of hydrogen-bond acceptors (Lipinski definition) is 1. The monoisotopic (exact) mass is 364 g/mol. The Morgan fingerprint density at radius 3 is 2.15 bits per heavy atom. The number of rotatable bonds is 3. The molecule has 0 bridgehead atoms. The predicted octanol–water partition coefficient (Wildman–Crippen LogP) is 5.20. The number of ether oxygens (including phenoxy) is 1. The maximum Gasteiger partial charge on any atom is 0.132 e. The normalized spacial score (nSPS) is 12.3. The van der Waals surface area contributed by atoms with Gasteiger partial charge in [-0.1, -0.05) is 22.0 Å². The molecule has 0 radical (unpaired) electrons. The van der Waals surface area contributed by atoms with E-state index in [0.717, 1.165) is 18.2 Å². The van der Waals surface area contributed by atoms with Crippen molar-refractivity contribution in [3.63, 3.8) is 0 Å². The van der Waals surface area contributed by atoms with E-state index in [-0.39, 0.29) is 15.6 Å². The standard InChI is InChI=1S/C14H9BrClF3O/c1-20-8-2-3-9(10(17)6-8)14(16)13-11(18)4-7(15)5-12(13)19/h2-6,14H,1H3. The molecule has 20 heavy (non-hydrogen) atoms. The van der Waals surface area contributed by atoms with E-state index in [0.29, 0.717) is 5.75 Å². The van der Waals surface area contributed by atoms with E-state index in [1.165, 1.54) is 19.2 Å². The third-order valence-corrected chi connectivity index (χ3v) is 3.69. The van der Waals surface area contributed by atoms with Gasteiger partial charge in [0.25, 0.3) is 0 Å². The van der Waals surface area contributed by atoms with E-state index in [1.54, 1.807) is 0 Å². The van der Waals surface area contributed by atoms with Crippen molar-refractivity contribution in [1.29, 1.82) is 0 Å². The van der Waals surface area contributed by atoms with E-state index in [4.69, 9.17) is 16.3 Å². The minimum atomic E-state index is -1.27. The molecule has 0 aliphatic heterocycles. The molecule has 0 heterocycles. The zero-order valence-electron chi connectivity index (χ0n) is 10.3. The average Bonchev–Trinajstić information content (AvgIpc) is 2.37. The molecule has 0 aliphatic carbocycles. The Morgan fingerprint density at radius 2 is 1.65 bits per heavy atom. The zero-order valence-corrected chi connectivity index (χ0v) is 12.6. The number of halogens is 5. The lowest BCUT2D eigenvalue weighted by Crippen LogP contribution is -2.03. The molecule has 0 spiro atoms. The highest BCUT2D eigenvalue weighted by Crippen LogP contribution is 2.36. The Kier molecular flexibility index (Phi) is 4.60. The Morgan fingerprint density at radius 1 is 1.05 bits per heavy atom. The number of methoxy groups -OCH3 is 1. The first-order chi connectivity index (χ1) is 9.43. The van der Waals surface area contributed by atoms with Crippen LogP contribution in [0.3, 0.4) is 0 Å².